The lowest BCUT2D eigenvalue weighted by atomic mass is 9.97. The van der Waals surface area contributed by atoms with E-state index in [-0.39, 0.29) is 16.9 Å². The van der Waals surface area contributed by atoms with Crippen LogP contribution >= 0.6 is 0 Å². The van der Waals surface area contributed by atoms with Gasteiger partial charge in [0.1, 0.15) is 0 Å². The molecule has 0 saturated carbocycles. The van der Waals surface area contributed by atoms with Gasteiger partial charge in [-0.3, -0.25) is 4.79 Å². The highest BCUT2D eigenvalue weighted by atomic mass is 32.2. The fraction of sp³-hybridized carbons (Fsp3) is 0.444. The third kappa shape index (κ3) is 3.66. The predicted molar refractivity (Wildman–Crippen MR) is 99.2 cm³/mol. The number of nitrogens with one attached hydrogen (secondary N) is 1. The highest BCUT2D eigenvalue weighted by molar-refractivity contribution is 7.89. The van der Waals surface area contributed by atoms with Crippen LogP contribution in [-0.2, 0) is 21.9 Å². The van der Waals surface area contributed by atoms with Gasteiger partial charge in [-0.1, -0.05) is 12.1 Å². The van der Waals surface area contributed by atoms with Crippen LogP contribution in [0.4, 0.5) is 5.69 Å². The van der Waals surface area contributed by atoms with Crippen molar-refractivity contribution in [1.29, 1.82) is 0 Å². The number of hydrogen-bond acceptors (Lipinski definition) is 4. The first-order valence-corrected chi connectivity index (χ1v) is 10.1. The summed E-state index contributed by atoms with van der Waals surface area (Å²) in [5.74, 6) is -0.237. The highest BCUT2D eigenvalue weighted by Gasteiger charge is 2.33. The van der Waals surface area contributed by atoms with E-state index in [1.165, 1.54) is 16.8 Å². The normalized spacial score (nSPS) is 16.6. The summed E-state index contributed by atoms with van der Waals surface area (Å²) < 4.78 is 28.2. The zero-order valence-electron chi connectivity index (χ0n) is 15.3. The van der Waals surface area contributed by atoms with Crippen molar-refractivity contribution in [2.75, 3.05) is 18.4 Å². The molecule has 7 nitrogen and oxygen atoms in total. The van der Waals surface area contributed by atoms with Gasteiger partial charge in [0.05, 0.1) is 6.33 Å². The molecule has 1 N–H and O–H groups in total. The molecule has 8 heteroatoms. The second kappa shape index (κ2) is 7.20. The molecule has 1 aliphatic heterocycles. The molecular weight excluding hydrogens is 352 g/mol. The molecule has 1 fully saturated rings. The summed E-state index contributed by atoms with van der Waals surface area (Å²) in [5.41, 5.74) is 2.99. The van der Waals surface area contributed by atoms with Crippen molar-refractivity contribution in [2.45, 2.75) is 31.7 Å². The molecule has 0 radical (unpaired) electrons. The molecule has 1 amide bonds. The van der Waals surface area contributed by atoms with Gasteiger partial charge in [-0.25, -0.2) is 13.4 Å². The van der Waals surface area contributed by atoms with E-state index in [1.807, 2.05) is 32.0 Å². The lowest BCUT2D eigenvalue weighted by molar-refractivity contribution is -0.120. The van der Waals surface area contributed by atoms with Gasteiger partial charge in [-0.05, 0) is 43.9 Å². The molecule has 0 aliphatic carbocycles. The maximum atomic E-state index is 12.6. The molecule has 1 aromatic carbocycles. The number of imidazole rings is 1. The van der Waals surface area contributed by atoms with Gasteiger partial charge in [0.25, 0.3) is 10.0 Å². The summed E-state index contributed by atoms with van der Waals surface area (Å²) in [4.78, 5) is 16.5. The van der Waals surface area contributed by atoms with Crippen LogP contribution in [0.2, 0.25) is 0 Å². The number of carbonyl (C=O) groups excluding carboxylic acids is 1. The number of aromatic nitrogens is 2. The lowest BCUT2D eigenvalue weighted by Gasteiger charge is -2.30. The Labute approximate surface area is 154 Å². The minimum atomic E-state index is -3.59. The van der Waals surface area contributed by atoms with Crippen molar-refractivity contribution >= 4 is 21.6 Å². The Morgan fingerprint density at radius 2 is 1.92 bits per heavy atom. The highest BCUT2D eigenvalue weighted by Crippen LogP contribution is 2.25. The maximum Gasteiger partial charge on any atom is 0.262 e. The molecule has 1 saturated heterocycles. The van der Waals surface area contributed by atoms with Gasteiger partial charge in [0.15, 0.2) is 5.03 Å². The van der Waals surface area contributed by atoms with Gasteiger partial charge in [-0.15, -0.1) is 0 Å². The minimum absolute atomic E-state index is 0.0476. The van der Waals surface area contributed by atoms with Crippen molar-refractivity contribution in [3.63, 3.8) is 0 Å². The molecule has 140 valence electrons. The molecule has 3 rings (SSSR count). The zero-order chi connectivity index (χ0) is 18.9. The van der Waals surface area contributed by atoms with Crippen LogP contribution in [0, 0.1) is 19.8 Å². The first-order valence-electron chi connectivity index (χ1n) is 8.64. The van der Waals surface area contributed by atoms with E-state index >= 15 is 0 Å². The average Bonchev–Trinajstić information content (AvgIpc) is 3.06. The largest absolute Gasteiger partial charge is 0.339 e. The Hall–Kier alpha value is -2.19. The number of amides is 1. The van der Waals surface area contributed by atoms with Gasteiger partial charge >= 0.3 is 0 Å². The van der Waals surface area contributed by atoms with Crippen LogP contribution in [0.25, 0.3) is 0 Å². The summed E-state index contributed by atoms with van der Waals surface area (Å²) >= 11 is 0. The van der Waals surface area contributed by atoms with Crippen molar-refractivity contribution in [2.24, 2.45) is 13.0 Å². The van der Waals surface area contributed by atoms with E-state index in [9.17, 15) is 13.2 Å². The molecule has 0 atom stereocenters. The second-order valence-corrected chi connectivity index (χ2v) is 8.68. The van der Waals surface area contributed by atoms with Crippen molar-refractivity contribution in [3.05, 3.63) is 41.9 Å². The molecule has 0 bridgehead atoms. The van der Waals surface area contributed by atoms with Crippen LogP contribution in [0.5, 0.6) is 0 Å². The Morgan fingerprint density at radius 3 is 2.54 bits per heavy atom. The van der Waals surface area contributed by atoms with Gasteiger partial charge in [-0.2, -0.15) is 4.31 Å². The van der Waals surface area contributed by atoms with Crippen LogP contribution in [0.1, 0.15) is 24.0 Å². The average molecular weight is 376 g/mol. The van der Waals surface area contributed by atoms with E-state index in [0.29, 0.717) is 25.9 Å². The van der Waals surface area contributed by atoms with E-state index in [4.69, 9.17) is 0 Å². The van der Waals surface area contributed by atoms with Crippen LogP contribution in [0.15, 0.2) is 35.7 Å². The van der Waals surface area contributed by atoms with Crippen molar-refractivity contribution < 1.29 is 13.2 Å². The predicted octanol–water partition coefficient (Wildman–Crippen LogP) is 2.08. The summed E-state index contributed by atoms with van der Waals surface area (Å²) in [6.45, 7) is 4.63. The Morgan fingerprint density at radius 1 is 1.23 bits per heavy atom. The van der Waals surface area contributed by atoms with E-state index in [0.717, 1.165) is 16.8 Å². The van der Waals surface area contributed by atoms with Crippen molar-refractivity contribution in [3.8, 4) is 0 Å². The number of sulfonamides is 1. The first-order chi connectivity index (χ1) is 12.3. The van der Waals surface area contributed by atoms with Crippen LogP contribution in [0.3, 0.4) is 0 Å². The third-order valence-corrected chi connectivity index (χ3v) is 6.76. The summed E-state index contributed by atoms with van der Waals surface area (Å²) in [6.07, 6.45) is 3.97. The molecule has 2 heterocycles. The smallest absolute Gasteiger partial charge is 0.262 e. The Kier molecular flexibility index (Phi) is 5.15. The summed E-state index contributed by atoms with van der Waals surface area (Å²) in [5, 5.41) is 3.04. The monoisotopic (exact) mass is 376 g/mol. The molecule has 0 spiro atoms. The minimum Gasteiger partial charge on any atom is -0.339 e. The maximum absolute atomic E-state index is 12.6. The quantitative estimate of drug-likeness (QED) is 0.885. The van der Waals surface area contributed by atoms with Gasteiger partial charge in [0, 0.05) is 37.9 Å². The number of anilines is 1. The van der Waals surface area contributed by atoms with Crippen LogP contribution in [-0.4, -0.2) is 41.3 Å². The molecule has 0 unspecified atom stereocenters. The topological polar surface area (TPSA) is 84.3 Å². The standard InChI is InChI=1S/C18H24N4O3S/c1-13-5-4-6-16(14(13)2)20-18(23)15-7-9-22(10-8-15)26(24,25)17-11-21(3)12-19-17/h4-6,11-12,15H,7-10H2,1-3H3,(H,20,23). The number of nitrogens with zero attached hydrogens (tertiary/aromatic N) is 3. The first kappa shape index (κ1) is 18.6. The van der Waals surface area contributed by atoms with Gasteiger partial charge in [0.2, 0.25) is 5.91 Å². The number of aryl methyl sites for hydroxylation is 2. The summed E-state index contributed by atoms with van der Waals surface area (Å²) in [6, 6.07) is 5.81. The fourth-order valence-electron chi connectivity index (χ4n) is 3.13. The Balaban J connectivity index is 1.63. The number of hydrogen-bond donors (Lipinski definition) is 1. The third-order valence-electron chi connectivity index (χ3n) is 4.97. The SMILES string of the molecule is Cc1cccc(NC(=O)C2CCN(S(=O)(=O)c3cn(C)cn3)CC2)c1C. The number of rotatable bonds is 4. The lowest BCUT2D eigenvalue weighted by Crippen LogP contribution is -2.41. The van der Waals surface area contributed by atoms with Crippen LogP contribution < -0.4 is 5.32 Å². The number of benzene rings is 1. The van der Waals surface area contributed by atoms with Crippen molar-refractivity contribution in [1.82, 2.24) is 13.9 Å². The number of piperidine rings is 1. The molecule has 1 aliphatic rings. The zero-order valence-corrected chi connectivity index (χ0v) is 16.1. The van der Waals surface area contributed by atoms with E-state index < -0.39 is 10.0 Å². The van der Waals surface area contributed by atoms with Gasteiger partial charge < -0.3 is 9.88 Å². The summed E-state index contributed by atoms with van der Waals surface area (Å²) in [7, 11) is -1.86. The molecule has 2 aromatic rings. The Bertz CT molecular complexity index is 912. The van der Waals surface area contributed by atoms with E-state index in [2.05, 4.69) is 10.3 Å². The molecule has 26 heavy (non-hydrogen) atoms. The molecular formula is C18H24N4O3S. The second-order valence-electron chi connectivity index (χ2n) is 6.79. The fourth-order valence-corrected chi connectivity index (χ4v) is 4.57. The van der Waals surface area contributed by atoms with E-state index in [1.54, 1.807) is 11.6 Å². The molecule has 1 aromatic heterocycles. The number of carbonyl (C=O) groups is 1.